The van der Waals surface area contributed by atoms with Crippen molar-refractivity contribution < 1.29 is 14.3 Å². The van der Waals surface area contributed by atoms with Gasteiger partial charge in [-0.2, -0.15) is 0 Å². The van der Waals surface area contributed by atoms with Gasteiger partial charge in [0.25, 0.3) is 0 Å². The number of likely N-dealkylation sites (tertiary alicyclic amines) is 1. The molecule has 0 saturated carbocycles. The van der Waals surface area contributed by atoms with Crippen LogP contribution in [0.25, 0.3) is 0 Å². The number of carbonyl (C=O) groups excluding carboxylic acids is 2. The van der Waals surface area contributed by atoms with Crippen LogP contribution in [0.1, 0.15) is 75.7 Å². The fraction of sp³-hybridized carbons (Fsp3) is 0.625. The van der Waals surface area contributed by atoms with Crippen LogP contribution in [-0.2, 0) is 9.53 Å². The molecule has 1 saturated heterocycles. The van der Waals surface area contributed by atoms with Crippen LogP contribution in [-0.4, -0.2) is 56.6 Å². The second-order valence-corrected chi connectivity index (χ2v) is 11.0. The van der Waals surface area contributed by atoms with Crippen molar-refractivity contribution in [2.24, 2.45) is 0 Å². The lowest BCUT2D eigenvalue weighted by Crippen LogP contribution is -2.51. The summed E-state index contributed by atoms with van der Waals surface area (Å²) in [4.78, 5) is 42.1. The van der Waals surface area contributed by atoms with Gasteiger partial charge in [-0.25, -0.2) is 19.7 Å². The second-order valence-electron chi connectivity index (χ2n) is 9.74. The van der Waals surface area contributed by atoms with Gasteiger partial charge in [0.1, 0.15) is 23.3 Å². The summed E-state index contributed by atoms with van der Waals surface area (Å²) in [6, 6.07) is 1.33. The van der Waals surface area contributed by atoms with Crippen LogP contribution in [0.2, 0.25) is 0 Å². The van der Waals surface area contributed by atoms with Crippen molar-refractivity contribution in [1.82, 2.24) is 25.2 Å². The van der Waals surface area contributed by atoms with Gasteiger partial charge in [-0.3, -0.25) is 4.79 Å². The van der Waals surface area contributed by atoms with Crippen LogP contribution in [0.4, 0.5) is 15.7 Å². The van der Waals surface area contributed by atoms with Gasteiger partial charge in [0.05, 0.1) is 0 Å². The molecule has 1 atom stereocenters. The van der Waals surface area contributed by atoms with Gasteiger partial charge < -0.3 is 20.3 Å². The fourth-order valence-electron chi connectivity index (χ4n) is 3.93. The predicted octanol–water partition coefficient (Wildman–Crippen LogP) is 4.69. The van der Waals surface area contributed by atoms with Gasteiger partial charge in [0, 0.05) is 41.8 Å². The third kappa shape index (κ3) is 7.38. The summed E-state index contributed by atoms with van der Waals surface area (Å²) >= 11 is 1.58. The monoisotopic (exact) mass is 488 g/mol. The highest BCUT2D eigenvalue weighted by Crippen LogP contribution is 2.28. The van der Waals surface area contributed by atoms with Gasteiger partial charge in [0.2, 0.25) is 5.91 Å². The van der Waals surface area contributed by atoms with E-state index in [1.807, 2.05) is 37.9 Å². The zero-order chi connectivity index (χ0) is 24.9. The van der Waals surface area contributed by atoms with E-state index in [0.29, 0.717) is 19.5 Å². The number of thiazole rings is 1. The van der Waals surface area contributed by atoms with Crippen LogP contribution < -0.4 is 10.6 Å². The van der Waals surface area contributed by atoms with Crippen molar-refractivity contribution in [1.29, 1.82) is 0 Å². The number of carbonyl (C=O) groups is 2. The molecule has 2 aromatic heterocycles. The number of hydrogen-bond acceptors (Lipinski definition) is 8. The molecule has 0 radical (unpaired) electrons. The molecule has 9 nitrogen and oxygen atoms in total. The van der Waals surface area contributed by atoms with Crippen molar-refractivity contribution in [2.45, 2.75) is 84.8 Å². The van der Waals surface area contributed by atoms with Crippen LogP contribution in [0.3, 0.4) is 0 Å². The quantitative estimate of drug-likeness (QED) is 0.582. The van der Waals surface area contributed by atoms with E-state index in [1.54, 1.807) is 32.1 Å². The minimum absolute atomic E-state index is 0.0576. The van der Waals surface area contributed by atoms with E-state index in [4.69, 9.17) is 9.72 Å². The molecule has 1 unspecified atom stereocenters. The molecule has 2 aromatic rings. The van der Waals surface area contributed by atoms with Crippen LogP contribution in [0.5, 0.6) is 0 Å². The van der Waals surface area contributed by atoms with E-state index in [9.17, 15) is 9.59 Å². The Hall–Kier alpha value is -2.75. The highest BCUT2D eigenvalue weighted by Gasteiger charge is 2.31. The molecule has 0 spiro atoms. The number of rotatable bonds is 7. The van der Waals surface area contributed by atoms with Gasteiger partial charge in [0.15, 0.2) is 5.13 Å². The summed E-state index contributed by atoms with van der Waals surface area (Å²) in [5.41, 5.74) is 0.283. The highest BCUT2D eigenvalue weighted by molar-refractivity contribution is 7.15. The molecule has 0 aliphatic carbocycles. The van der Waals surface area contributed by atoms with Gasteiger partial charge in [-0.1, -0.05) is 13.3 Å². The van der Waals surface area contributed by atoms with Crippen molar-refractivity contribution in [3.63, 3.8) is 0 Å². The molecule has 1 aliphatic rings. The number of nitrogens with zero attached hydrogens (tertiary/aromatic N) is 4. The second kappa shape index (κ2) is 11.1. The summed E-state index contributed by atoms with van der Waals surface area (Å²) in [5, 5.41) is 6.85. The smallest absolute Gasteiger partial charge is 0.408 e. The minimum atomic E-state index is -0.609. The zero-order valence-corrected chi connectivity index (χ0v) is 21.8. The Labute approximate surface area is 205 Å². The Morgan fingerprint density at radius 2 is 1.94 bits per heavy atom. The Morgan fingerprint density at radius 3 is 2.53 bits per heavy atom. The van der Waals surface area contributed by atoms with E-state index in [2.05, 4.69) is 20.6 Å². The first-order valence-electron chi connectivity index (χ1n) is 11.9. The molecule has 186 valence electrons. The van der Waals surface area contributed by atoms with E-state index in [-0.39, 0.29) is 11.8 Å². The van der Waals surface area contributed by atoms with E-state index in [0.717, 1.165) is 46.6 Å². The Balaban J connectivity index is 1.61. The molecule has 1 aliphatic heterocycles. The maximum absolute atomic E-state index is 13.2. The lowest BCUT2D eigenvalue weighted by atomic mass is 9.95. The first-order valence-corrected chi connectivity index (χ1v) is 12.7. The summed E-state index contributed by atoms with van der Waals surface area (Å²) in [6.45, 7) is 12.6. The maximum atomic E-state index is 13.2. The summed E-state index contributed by atoms with van der Waals surface area (Å²) in [6.07, 6.45) is 4.18. The molecular weight excluding hydrogens is 452 g/mol. The van der Waals surface area contributed by atoms with Crippen LogP contribution >= 0.6 is 11.3 Å². The molecule has 3 heterocycles. The predicted molar refractivity (Wildman–Crippen MR) is 134 cm³/mol. The molecular formula is C24H36N6O3S. The molecule has 1 fully saturated rings. The number of aromatic nitrogens is 3. The average Bonchev–Trinajstić information content (AvgIpc) is 3.15. The largest absolute Gasteiger partial charge is 0.444 e. The average molecular weight is 489 g/mol. The standard InChI is InChI=1S/C24H36N6O3S/c1-7-8-18(27-23(32)33-24(4,5)6)21(31)30-11-9-17(10-12-30)20-26-15(2)13-19(28-20)29-22-25-14-16(3)34-22/h13-14,17-18H,7-12H2,1-6H3,(H,27,32)(H,25,26,28,29). The molecule has 0 bridgehead atoms. The Kier molecular flexibility index (Phi) is 8.46. The van der Waals surface area contributed by atoms with Crippen molar-refractivity contribution in [3.05, 3.63) is 28.7 Å². The maximum Gasteiger partial charge on any atom is 0.408 e. The molecule has 3 rings (SSSR count). The van der Waals surface area contributed by atoms with Crippen molar-refractivity contribution in [2.75, 3.05) is 18.4 Å². The topological polar surface area (TPSA) is 109 Å². The molecule has 2 N–H and O–H groups in total. The number of alkyl carbamates (subject to hydrolysis) is 1. The van der Waals surface area contributed by atoms with Crippen molar-refractivity contribution in [3.8, 4) is 0 Å². The SMILES string of the molecule is CCCC(NC(=O)OC(C)(C)C)C(=O)N1CCC(c2nc(C)cc(Nc3ncc(C)s3)n2)CC1. The summed E-state index contributed by atoms with van der Waals surface area (Å²) < 4.78 is 5.35. The number of ether oxygens (including phenoxy) is 1. The van der Waals surface area contributed by atoms with Gasteiger partial charge >= 0.3 is 6.09 Å². The van der Waals surface area contributed by atoms with Gasteiger partial charge in [-0.15, -0.1) is 11.3 Å². The number of piperidine rings is 1. The third-order valence-electron chi connectivity index (χ3n) is 5.47. The molecule has 0 aromatic carbocycles. The van der Waals surface area contributed by atoms with E-state index < -0.39 is 17.7 Å². The third-order valence-corrected chi connectivity index (χ3v) is 6.29. The molecule has 10 heteroatoms. The first-order chi connectivity index (χ1) is 16.0. The number of amides is 2. The Morgan fingerprint density at radius 1 is 1.24 bits per heavy atom. The highest BCUT2D eigenvalue weighted by atomic mass is 32.1. The zero-order valence-electron chi connectivity index (χ0n) is 21.0. The number of aryl methyl sites for hydroxylation is 2. The summed E-state index contributed by atoms with van der Waals surface area (Å²) in [5.74, 6) is 1.64. The minimum Gasteiger partial charge on any atom is -0.444 e. The van der Waals surface area contributed by atoms with Crippen LogP contribution in [0, 0.1) is 13.8 Å². The van der Waals surface area contributed by atoms with Crippen LogP contribution in [0.15, 0.2) is 12.3 Å². The first kappa shape index (κ1) is 25.9. The number of nitrogens with one attached hydrogen (secondary N) is 2. The number of anilines is 2. The van der Waals surface area contributed by atoms with E-state index >= 15 is 0 Å². The fourth-order valence-corrected chi connectivity index (χ4v) is 4.61. The number of hydrogen-bond donors (Lipinski definition) is 2. The Bertz CT molecular complexity index is 995. The lowest BCUT2D eigenvalue weighted by molar-refractivity contribution is -0.134. The summed E-state index contributed by atoms with van der Waals surface area (Å²) in [7, 11) is 0. The lowest BCUT2D eigenvalue weighted by Gasteiger charge is -2.34. The van der Waals surface area contributed by atoms with Gasteiger partial charge in [-0.05, 0) is 53.9 Å². The normalized spacial score (nSPS) is 15.6. The molecule has 34 heavy (non-hydrogen) atoms. The van der Waals surface area contributed by atoms with Crippen molar-refractivity contribution >= 4 is 34.3 Å². The van der Waals surface area contributed by atoms with E-state index in [1.165, 1.54) is 0 Å². The molecule has 2 amide bonds.